The van der Waals surface area contributed by atoms with Gasteiger partial charge in [-0.3, -0.25) is 0 Å². The lowest BCUT2D eigenvalue weighted by atomic mass is 9.94. The van der Waals surface area contributed by atoms with E-state index in [1.165, 1.54) is 22.3 Å². The maximum atomic E-state index is 6.08. The first-order valence-corrected chi connectivity index (χ1v) is 9.68. The minimum absolute atomic E-state index is 0.379. The Labute approximate surface area is 155 Å². The smallest absolute Gasteiger partial charge is 0.262 e. The number of benzene rings is 2. The van der Waals surface area contributed by atoms with Crippen molar-refractivity contribution in [3.05, 3.63) is 70.3 Å². The maximum Gasteiger partial charge on any atom is 0.262 e. The van der Waals surface area contributed by atoms with E-state index in [-0.39, 0.29) is 0 Å². The van der Waals surface area contributed by atoms with E-state index in [9.17, 15) is 0 Å². The second-order valence-electron chi connectivity index (χ2n) is 7.69. The van der Waals surface area contributed by atoms with Gasteiger partial charge in [-0.15, -0.1) is 0 Å². The van der Waals surface area contributed by atoms with Crippen molar-refractivity contribution >= 4 is 0 Å². The molecule has 4 nitrogen and oxygen atoms in total. The first-order chi connectivity index (χ1) is 12.8. The number of aryl methyl sites for hydroxylation is 1. The van der Waals surface area contributed by atoms with Crippen molar-refractivity contribution in [3.63, 3.8) is 0 Å². The number of likely N-dealkylation sites (tertiary alicyclic amines) is 1. The summed E-state index contributed by atoms with van der Waals surface area (Å²) in [7, 11) is 0. The fourth-order valence-electron chi connectivity index (χ4n) is 4.70. The zero-order valence-corrected chi connectivity index (χ0v) is 15.3. The molecule has 1 N–H and O–H groups in total. The van der Waals surface area contributed by atoms with E-state index >= 15 is 0 Å². The fraction of sp³-hybridized carbons (Fsp3) is 0.455. The van der Waals surface area contributed by atoms with Crippen LogP contribution in [-0.4, -0.2) is 31.3 Å². The monoisotopic (exact) mass is 350 g/mol. The average molecular weight is 350 g/mol. The zero-order chi connectivity index (χ0) is 17.6. The van der Waals surface area contributed by atoms with Crippen molar-refractivity contribution in [3.8, 4) is 0 Å². The van der Waals surface area contributed by atoms with Crippen LogP contribution in [0.2, 0.25) is 0 Å². The topological polar surface area (TPSA) is 33.7 Å². The molecule has 3 heterocycles. The zero-order valence-electron chi connectivity index (χ0n) is 15.3. The molecular weight excluding hydrogens is 324 g/mol. The summed E-state index contributed by atoms with van der Waals surface area (Å²) in [6.07, 6.45) is 2.22. The Bertz CT molecular complexity index is 816. The summed E-state index contributed by atoms with van der Waals surface area (Å²) in [6.45, 7) is 6.57. The van der Waals surface area contributed by atoms with Crippen LogP contribution in [0.3, 0.4) is 0 Å². The minimum atomic E-state index is -0.683. The molecule has 26 heavy (non-hydrogen) atoms. The van der Waals surface area contributed by atoms with Crippen LogP contribution < -0.4 is 5.32 Å². The van der Waals surface area contributed by atoms with Gasteiger partial charge in [0.2, 0.25) is 0 Å². The van der Waals surface area contributed by atoms with Crippen LogP contribution in [0.15, 0.2) is 42.5 Å². The van der Waals surface area contributed by atoms with Gasteiger partial charge in [0, 0.05) is 25.2 Å². The first kappa shape index (κ1) is 16.5. The normalized spacial score (nSPS) is 24.9. The van der Waals surface area contributed by atoms with Crippen molar-refractivity contribution < 1.29 is 9.47 Å². The van der Waals surface area contributed by atoms with Crippen LogP contribution in [0.25, 0.3) is 0 Å². The molecule has 0 aromatic heterocycles. The second kappa shape index (κ2) is 6.46. The molecule has 1 atom stereocenters. The van der Waals surface area contributed by atoms with E-state index in [1.54, 1.807) is 0 Å². The lowest BCUT2D eigenvalue weighted by Crippen LogP contribution is -2.56. The van der Waals surface area contributed by atoms with Crippen molar-refractivity contribution in [1.29, 1.82) is 0 Å². The van der Waals surface area contributed by atoms with Crippen molar-refractivity contribution in [2.75, 3.05) is 26.4 Å². The van der Waals surface area contributed by atoms with E-state index in [0.29, 0.717) is 12.7 Å². The van der Waals surface area contributed by atoms with Gasteiger partial charge >= 0.3 is 0 Å². The molecule has 5 rings (SSSR count). The van der Waals surface area contributed by atoms with Gasteiger partial charge < -0.3 is 14.8 Å². The third-order valence-corrected chi connectivity index (χ3v) is 6.20. The summed E-state index contributed by atoms with van der Waals surface area (Å²) < 4.78 is 12.2. The molecule has 0 amide bonds. The number of nitrogens with zero attached hydrogens (tertiary/aromatic N) is 1. The van der Waals surface area contributed by atoms with Crippen LogP contribution in [0, 0.1) is 6.92 Å². The van der Waals surface area contributed by atoms with Gasteiger partial charge in [-0.1, -0.05) is 36.4 Å². The van der Waals surface area contributed by atoms with E-state index < -0.39 is 5.91 Å². The largest absolute Gasteiger partial charge is 0.312 e. The molecule has 0 saturated carbocycles. The molecule has 2 saturated heterocycles. The van der Waals surface area contributed by atoms with Crippen LogP contribution in [0.4, 0.5) is 0 Å². The predicted octanol–water partition coefficient (Wildman–Crippen LogP) is 3.24. The van der Waals surface area contributed by atoms with Gasteiger partial charge in [0.1, 0.15) is 0 Å². The van der Waals surface area contributed by atoms with Crippen molar-refractivity contribution in [2.45, 2.75) is 38.1 Å². The molecule has 0 spiro atoms. The molecule has 2 aromatic rings. The molecule has 0 aliphatic carbocycles. The fourth-order valence-corrected chi connectivity index (χ4v) is 4.70. The molecule has 2 aromatic carbocycles. The Morgan fingerprint density at radius 2 is 2.00 bits per heavy atom. The van der Waals surface area contributed by atoms with E-state index in [4.69, 9.17) is 9.47 Å². The lowest BCUT2D eigenvalue weighted by molar-refractivity contribution is -0.465. The van der Waals surface area contributed by atoms with E-state index in [2.05, 4.69) is 59.6 Å². The van der Waals surface area contributed by atoms with Gasteiger partial charge in [-0.2, -0.15) is 0 Å². The van der Waals surface area contributed by atoms with Crippen LogP contribution in [0.5, 0.6) is 0 Å². The first-order valence-electron chi connectivity index (χ1n) is 9.68. The highest BCUT2D eigenvalue weighted by atomic mass is 16.9. The second-order valence-corrected chi connectivity index (χ2v) is 7.69. The molecule has 4 heteroatoms. The van der Waals surface area contributed by atoms with E-state index in [0.717, 1.165) is 44.6 Å². The highest BCUT2D eigenvalue weighted by molar-refractivity contribution is 5.36. The van der Waals surface area contributed by atoms with E-state index in [1.807, 2.05) is 0 Å². The number of fused-ring (bicyclic) bond motifs is 1. The van der Waals surface area contributed by atoms with Crippen LogP contribution in [0.1, 0.15) is 40.2 Å². The summed E-state index contributed by atoms with van der Waals surface area (Å²) in [5.41, 5.74) is 6.81. The van der Waals surface area contributed by atoms with Gasteiger partial charge in [0.25, 0.3) is 5.91 Å². The third kappa shape index (κ3) is 2.60. The summed E-state index contributed by atoms with van der Waals surface area (Å²) in [4.78, 5) is 2.39. The van der Waals surface area contributed by atoms with Gasteiger partial charge in [0.15, 0.2) is 6.79 Å². The summed E-state index contributed by atoms with van der Waals surface area (Å²) >= 11 is 0. The quantitative estimate of drug-likeness (QED) is 0.921. The lowest BCUT2D eigenvalue weighted by Gasteiger charge is -2.47. The Balaban J connectivity index is 1.42. The maximum absolute atomic E-state index is 6.08. The predicted molar refractivity (Wildman–Crippen MR) is 101 cm³/mol. The van der Waals surface area contributed by atoms with Gasteiger partial charge in [-0.25, -0.2) is 4.90 Å². The molecule has 2 fully saturated rings. The Morgan fingerprint density at radius 3 is 2.81 bits per heavy atom. The average Bonchev–Trinajstić information content (AvgIpc) is 3.11. The Hall–Kier alpha value is -1.72. The molecule has 3 aliphatic heterocycles. The van der Waals surface area contributed by atoms with Gasteiger partial charge in [-0.05, 0) is 60.5 Å². The molecule has 0 radical (unpaired) electrons. The highest BCUT2D eigenvalue weighted by Crippen LogP contribution is 2.44. The van der Waals surface area contributed by atoms with Crippen LogP contribution in [-0.2, 0) is 28.4 Å². The number of rotatable bonds is 3. The Morgan fingerprint density at radius 1 is 1.12 bits per heavy atom. The number of ether oxygens (including phenoxy) is 2. The summed E-state index contributed by atoms with van der Waals surface area (Å²) in [5, 5.41) is 3.44. The van der Waals surface area contributed by atoms with Crippen LogP contribution >= 0.6 is 0 Å². The minimum Gasteiger partial charge on any atom is -0.312 e. The Kier molecular flexibility index (Phi) is 4.09. The third-order valence-electron chi connectivity index (χ3n) is 6.20. The van der Waals surface area contributed by atoms with Crippen molar-refractivity contribution in [2.24, 2.45) is 0 Å². The summed E-state index contributed by atoms with van der Waals surface area (Å²) in [6, 6.07) is 15.5. The number of hydrogen-bond donors (Lipinski definition) is 1. The van der Waals surface area contributed by atoms with Gasteiger partial charge in [0.05, 0.1) is 0 Å². The molecular formula is C22H26N2O2. The molecule has 0 unspecified atom stereocenters. The van der Waals surface area contributed by atoms with Crippen molar-refractivity contribution in [1.82, 2.24) is 10.2 Å². The highest BCUT2D eigenvalue weighted by Gasteiger charge is 2.50. The SMILES string of the molecule is Cc1ccccc1[C@@H]1CCN(C2(c3ccc4c(c3)CCNC4)OCO2)C1. The molecule has 3 aliphatic rings. The molecule has 136 valence electrons. The summed E-state index contributed by atoms with van der Waals surface area (Å²) in [5.74, 6) is -0.139. The standard InChI is InChI=1S/C22H26N2O2/c1-16-4-2-3-5-21(16)19-9-11-24(14-19)22(25-15-26-22)20-7-6-18-13-23-10-8-17(18)12-20/h2-7,12,19,23H,8-11,13-15H2,1H3/t19-/m1/s1. The molecule has 0 bridgehead atoms. The number of hydrogen-bond acceptors (Lipinski definition) is 4. The number of nitrogens with one attached hydrogen (secondary N) is 1.